The van der Waals surface area contributed by atoms with Crippen molar-refractivity contribution >= 4 is 0 Å². The Kier molecular flexibility index (Phi) is 7.65. The molecular formula is C27H30F2N2O3. The van der Waals surface area contributed by atoms with E-state index in [1.54, 1.807) is 39.5 Å². The van der Waals surface area contributed by atoms with Gasteiger partial charge < -0.3 is 14.2 Å². The molecule has 3 aromatic rings. The van der Waals surface area contributed by atoms with Gasteiger partial charge in [-0.15, -0.1) is 0 Å². The number of hydrogen-bond acceptors (Lipinski definition) is 5. The van der Waals surface area contributed by atoms with Gasteiger partial charge in [0.25, 0.3) is 0 Å². The Morgan fingerprint density at radius 2 is 1.44 bits per heavy atom. The van der Waals surface area contributed by atoms with Crippen LogP contribution < -0.4 is 14.2 Å². The first-order valence-corrected chi connectivity index (χ1v) is 11.3. The summed E-state index contributed by atoms with van der Waals surface area (Å²) in [5.74, 6) is 1.32. The predicted octanol–water partition coefficient (Wildman–Crippen LogP) is 4.90. The van der Waals surface area contributed by atoms with Gasteiger partial charge in [0, 0.05) is 43.9 Å². The second-order valence-corrected chi connectivity index (χ2v) is 8.28. The van der Waals surface area contributed by atoms with E-state index in [9.17, 15) is 8.78 Å². The van der Waals surface area contributed by atoms with E-state index in [0.717, 1.165) is 37.3 Å². The lowest BCUT2D eigenvalue weighted by Crippen LogP contribution is -2.47. The Bertz CT molecular complexity index is 1100. The van der Waals surface area contributed by atoms with Crippen LogP contribution in [0.25, 0.3) is 0 Å². The van der Waals surface area contributed by atoms with E-state index in [4.69, 9.17) is 14.2 Å². The van der Waals surface area contributed by atoms with Gasteiger partial charge in [-0.1, -0.05) is 36.4 Å². The zero-order chi connectivity index (χ0) is 24.1. The van der Waals surface area contributed by atoms with Crippen molar-refractivity contribution in [3.8, 4) is 17.2 Å². The minimum absolute atomic E-state index is 0.255. The van der Waals surface area contributed by atoms with Gasteiger partial charge in [0.15, 0.2) is 11.5 Å². The molecule has 0 radical (unpaired) electrons. The van der Waals surface area contributed by atoms with Gasteiger partial charge in [-0.05, 0) is 29.8 Å². The zero-order valence-corrected chi connectivity index (χ0v) is 19.8. The molecule has 7 heteroatoms. The summed E-state index contributed by atoms with van der Waals surface area (Å²) in [5.41, 5.74) is 2.49. The maximum Gasteiger partial charge on any atom is 0.203 e. The molecule has 1 heterocycles. The highest BCUT2D eigenvalue weighted by Crippen LogP contribution is 2.40. The summed E-state index contributed by atoms with van der Waals surface area (Å²) in [7, 11) is 4.82. The molecular weight excluding hydrogens is 438 g/mol. The Morgan fingerprint density at radius 1 is 0.765 bits per heavy atom. The van der Waals surface area contributed by atoms with Crippen LogP contribution in [0.2, 0.25) is 0 Å². The highest BCUT2D eigenvalue weighted by Gasteiger charge is 2.29. The predicted molar refractivity (Wildman–Crippen MR) is 128 cm³/mol. The van der Waals surface area contributed by atoms with Crippen LogP contribution in [-0.2, 0) is 6.54 Å². The smallest absolute Gasteiger partial charge is 0.203 e. The average Bonchev–Trinajstić information content (AvgIpc) is 2.87. The van der Waals surface area contributed by atoms with Gasteiger partial charge in [-0.2, -0.15) is 0 Å². The monoisotopic (exact) mass is 468 g/mol. The molecule has 0 spiro atoms. The SMILES string of the molecule is COc1ccc(CN2CCN(C(c3ccc(F)cc3)c3ccccc3F)CC2)c(OC)c1OC. The molecule has 1 unspecified atom stereocenters. The normalized spacial score (nSPS) is 15.7. The molecule has 0 aliphatic carbocycles. The van der Waals surface area contributed by atoms with Gasteiger partial charge in [0.05, 0.1) is 27.4 Å². The third-order valence-electron chi connectivity index (χ3n) is 6.34. The van der Waals surface area contributed by atoms with Crippen molar-refractivity contribution in [1.82, 2.24) is 9.80 Å². The summed E-state index contributed by atoms with van der Waals surface area (Å²) in [6, 6.07) is 16.8. The number of rotatable bonds is 8. The first-order chi connectivity index (χ1) is 16.5. The number of benzene rings is 3. The number of piperazine rings is 1. The maximum absolute atomic E-state index is 14.8. The molecule has 0 N–H and O–H groups in total. The maximum atomic E-state index is 14.8. The number of hydrogen-bond donors (Lipinski definition) is 0. The lowest BCUT2D eigenvalue weighted by Gasteiger charge is -2.40. The fraction of sp³-hybridized carbons (Fsp3) is 0.333. The van der Waals surface area contributed by atoms with Gasteiger partial charge >= 0.3 is 0 Å². The number of methoxy groups -OCH3 is 3. The molecule has 1 saturated heterocycles. The van der Waals surface area contributed by atoms with E-state index >= 15 is 0 Å². The Labute approximate surface area is 199 Å². The summed E-state index contributed by atoms with van der Waals surface area (Å²) < 4.78 is 44.9. The van der Waals surface area contributed by atoms with E-state index in [1.807, 2.05) is 24.3 Å². The third kappa shape index (κ3) is 5.00. The lowest BCUT2D eigenvalue weighted by molar-refractivity contribution is 0.103. The van der Waals surface area contributed by atoms with Crippen molar-refractivity contribution in [3.05, 3.63) is 89.0 Å². The molecule has 0 aromatic heterocycles. The Balaban J connectivity index is 1.53. The van der Waals surface area contributed by atoms with Crippen LogP contribution in [0.3, 0.4) is 0 Å². The largest absolute Gasteiger partial charge is 0.493 e. The van der Waals surface area contributed by atoms with Gasteiger partial charge in [-0.25, -0.2) is 8.78 Å². The van der Waals surface area contributed by atoms with Gasteiger partial charge in [0.2, 0.25) is 5.75 Å². The summed E-state index contributed by atoms with van der Waals surface area (Å²) in [4.78, 5) is 4.59. The summed E-state index contributed by atoms with van der Waals surface area (Å²) in [6.07, 6.45) is 0. The van der Waals surface area contributed by atoms with Crippen LogP contribution >= 0.6 is 0 Å². The van der Waals surface area contributed by atoms with Gasteiger partial charge in [-0.3, -0.25) is 9.80 Å². The van der Waals surface area contributed by atoms with Crippen molar-refractivity contribution in [2.75, 3.05) is 47.5 Å². The molecule has 1 fully saturated rings. The molecule has 180 valence electrons. The molecule has 0 saturated carbocycles. The average molecular weight is 469 g/mol. The van der Waals surface area contributed by atoms with Crippen molar-refractivity contribution in [2.45, 2.75) is 12.6 Å². The first-order valence-electron chi connectivity index (χ1n) is 11.3. The fourth-order valence-electron chi connectivity index (χ4n) is 4.64. The minimum Gasteiger partial charge on any atom is -0.493 e. The van der Waals surface area contributed by atoms with Crippen LogP contribution in [0.1, 0.15) is 22.7 Å². The van der Waals surface area contributed by atoms with Crippen LogP contribution in [0, 0.1) is 11.6 Å². The molecule has 1 aliphatic heterocycles. The molecule has 0 amide bonds. The van der Waals surface area contributed by atoms with Crippen molar-refractivity contribution in [3.63, 3.8) is 0 Å². The van der Waals surface area contributed by atoms with Gasteiger partial charge in [0.1, 0.15) is 11.6 Å². The molecule has 4 rings (SSSR count). The van der Waals surface area contributed by atoms with Crippen molar-refractivity contribution in [2.24, 2.45) is 0 Å². The molecule has 34 heavy (non-hydrogen) atoms. The number of ether oxygens (including phenoxy) is 3. The van der Waals surface area contributed by atoms with Crippen LogP contribution in [0.4, 0.5) is 8.78 Å². The van der Waals surface area contributed by atoms with E-state index in [2.05, 4.69) is 9.80 Å². The molecule has 0 bridgehead atoms. The highest BCUT2D eigenvalue weighted by atomic mass is 19.1. The van der Waals surface area contributed by atoms with E-state index in [0.29, 0.717) is 29.4 Å². The number of nitrogens with zero attached hydrogens (tertiary/aromatic N) is 2. The van der Waals surface area contributed by atoms with Crippen molar-refractivity contribution < 1.29 is 23.0 Å². The van der Waals surface area contributed by atoms with Crippen molar-refractivity contribution in [1.29, 1.82) is 0 Å². The van der Waals surface area contributed by atoms with E-state index in [-0.39, 0.29) is 17.7 Å². The standard InChI is InChI=1S/C27H30F2N2O3/c1-32-24-13-10-20(26(33-2)27(24)34-3)18-30-14-16-31(17-15-30)25(19-8-11-21(28)12-9-19)22-6-4-5-7-23(22)29/h4-13,25H,14-18H2,1-3H3. The number of halogens is 2. The first kappa shape index (κ1) is 24.0. The quantitative estimate of drug-likeness (QED) is 0.470. The topological polar surface area (TPSA) is 34.2 Å². The fourth-order valence-corrected chi connectivity index (χ4v) is 4.64. The Morgan fingerprint density at radius 3 is 2.06 bits per heavy atom. The van der Waals surface area contributed by atoms with E-state index < -0.39 is 0 Å². The molecule has 5 nitrogen and oxygen atoms in total. The molecule has 1 atom stereocenters. The highest BCUT2D eigenvalue weighted by molar-refractivity contribution is 5.55. The van der Waals surface area contributed by atoms with Crippen LogP contribution in [0.15, 0.2) is 60.7 Å². The zero-order valence-electron chi connectivity index (χ0n) is 19.8. The second-order valence-electron chi connectivity index (χ2n) is 8.28. The molecule has 1 aliphatic rings. The Hall–Kier alpha value is -3.16. The van der Waals surface area contributed by atoms with Crippen LogP contribution in [-0.4, -0.2) is 57.3 Å². The van der Waals surface area contributed by atoms with E-state index in [1.165, 1.54) is 18.2 Å². The summed E-state index contributed by atoms with van der Waals surface area (Å²) in [6.45, 7) is 3.77. The minimum atomic E-state index is -0.301. The second kappa shape index (κ2) is 10.8. The third-order valence-corrected chi connectivity index (χ3v) is 6.34. The summed E-state index contributed by atoms with van der Waals surface area (Å²) in [5, 5.41) is 0. The molecule has 3 aromatic carbocycles. The van der Waals surface area contributed by atoms with Crippen LogP contribution in [0.5, 0.6) is 17.2 Å². The lowest BCUT2D eigenvalue weighted by atomic mass is 9.95. The summed E-state index contributed by atoms with van der Waals surface area (Å²) >= 11 is 0.